The molecule has 1 aliphatic heterocycles. The minimum Gasteiger partial charge on any atom is -0.352 e. The van der Waals surface area contributed by atoms with Gasteiger partial charge in [0.05, 0.1) is 17.6 Å². The van der Waals surface area contributed by atoms with Crippen LogP contribution >= 0.6 is 11.6 Å². The van der Waals surface area contributed by atoms with Crippen molar-refractivity contribution in [1.29, 1.82) is 0 Å². The molecule has 0 spiro atoms. The predicted octanol–water partition coefficient (Wildman–Crippen LogP) is 1.12. The number of rotatable bonds is 5. The SMILES string of the molecule is CC(C)[C@H]1CN(c2ncc(Cl)cc2F)C[C@@H]1NC(=O)CNC(N)=O. The number of aromatic nitrogens is 1. The van der Waals surface area contributed by atoms with E-state index in [-0.39, 0.29) is 41.2 Å². The molecule has 3 amide bonds. The number of anilines is 1. The zero-order valence-electron chi connectivity index (χ0n) is 13.6. The minimum atomic E-state index is -0.758. The van der Waals surface area contributed by atoms with Gasteiger partial charge in [0.1, 0.15) is 0 Å². The molecule has 9 heteroatoms. The third-order valence-corrected chi connectivity index (χ3v) is 4.29. The lowest BCUT2D eigenvalue weighted by atomic mass is 9.91. The number of primary amides is 1. The fourth-order valence-corrected chi connectivity index (χ4v) is 3.04. The van der Waals surface area contributed by atoms with Gasteiger partial charge in [0, 0.05) is 25.2 Å². The Morgan fingerprint density at radius 2 is 2.21 bits per heavy atom. The Hall–Kier alpha value is -2.09. The summed E-state index contributed by atoms with van der Waals surface area (Å²) in [6.45, 7) is 4.89. The zero-order chi connectivity index (χ0) is 17.9. The molecule has 0 aliphatic carbocycles. The maximum atomic E-state index is 14.1. The average Bonchev–Trinajstić information content (AvgIpc) is 2.88. The Morgan fingerprint density at radius 3 is 2.79 bits per heavy atom. The van der Waals surface area contributed by atoms with Crippen molar-refractivity contribution in [3.63, 3.8) is 0 Å². The van der Waals surface area contributed by atoms with Crippen molar-refractivity contribution in [2.24, 2.45) is 17.6 Å². The summed E-state index contributed by atoms with van der Waals surface area (Å²) in [7, 11) is 0. The van der Waals surface area contributed by atoms with Crippen molar-refractivity contribution in [3.05, 3.63) is 23.1 Å². The highest BCUT2D eigenvalue weighted by Crippen LogP contribution is 2.29. The molecule has 1 saturated heterocycles. The van der Waals surface area contributed by atoms with Crippen LogP contribution in [-0.4, -0.2) is 42.6 Å². The molecule has 2 atom stereocenters. The van der Waals surface area contributed by atoms with E-state index < -0.39 is 11.8 Å². The van der Waals surface area contributed by atoms with E-state index >= 15 is 0 Å². The molecule has 2 heterocycles. The smallest absolute Gasteiger partial charge is 0.312 e. The molecule has 0 bridgehead atoms. The van der Waals surface area contributed by atoms with Gasteiger partial charge in [-0.05, 0) is 12.0 Å². The second-order valence-electron chi connectivity index (χ2n) is 6.16. The number of pyridine rings is 1. The van der Waals surface area contributed by atoms with E-state index in [2.05, 4.69) is 15.6 Å². The molecule has 1 fully saturated rings. The molecule has 132 valence electrons. The number of halogens is 2. The first kappa shape index (κ1) is 18.3. The van der Waals surface area contributed by atoms with E-state index in [0.717, 1.165) is 0 Å². The number of hydrogen-bond acceptors (Lipinski definition) is 4. The number of nitrogens with one attached hydrogen (secondary N) is 2. The number of nitrogens with two attached hydrogens (primary N) is 1. The van der Waals surface area contributed by atoms with E-state index in [4.69, 9.17) is 17.3 Å². The first-order valence-electron chi connectivity index (χ1n) is 7.66. The summed E-state index contributed by atoms with van der Waals surface area (Å²) in [5.74, 6) is -0.209. The first-order chi connectivity index (χ1) is 11.3. The molecule has 1 aromatic rings. The summed E-state index contributed by atoms with van der Waals surface area (Å²) in [4.78, 5) is 28.5. The van der Waals surface area contributed by atoms with E-state index in [0.29, 0.717) is 13.1 Å². The normalized spacial score (nSPS) is 20.3. The van der Waals surface area contributed by atoms with Gasteiger partial charge in [-0.15, -0.1) is 0 Å². The predicted molar refractivity (Wildman–Crippen MR) is 89.3 cm³/mol. The molecule has 2 rings (SSSR count). The van der Waals surface area contributed by atoms with Crippen molar-refractivity contribution in [2.75, 3.05) is 24.5 Å². The van der Waals surface area contributed by atoms with Crippen LogP contribution in [0.25, 0.3) is 0 Å². The van der Waals surface area contributed by atoms with Crippen molar-refractivity contribution >= 4 is 29.4 Å². The van der Waals surface area contributed by atoms with E-state index in [1.807, 2.05) is 13.8 Å². The van der Waals surface area contributed by atoms with Gasteiger partial charge in [-0.1, -0.05) is 25.4 Å². The number of urea groups is 1. The largest absolute Gasteiger partial charge is 0.352 e. The highest BCUT2D eigenvalue weighted by molar-refractivity contribution is 6.30. The Bertz CT molecular complexity index is 628. The number of hydrogen-bond donors (Lipinski definition) is 3. The molecule has 1 aromatic heterocycles. The fraction of sp³-hybridized carbons (Fsp3) is 0.533. The van der Waals surface area contributed by atoms with Crippen molar-refractivity contribution in [3.8, 4) is 0 Å². The highest BCUT2D eigenvalue weighted by Gasteiger charge is 2.37. The van der Waals surface area contributed by atoms with E-state index in [9.17, 15) is 14.0 Å². The molecule has 0 radical (unpaired) electrons. The van der Waals surface area contributed by atoms with Crippen LogP contribution in [0.3, 0.4) is 0 Å². The first-order valence-corrected chi connectivity index (χ1v) is 8.04. The number of amides is 3. The van der Waals surface area contributed by atoms with Gasteiger partial charge in [0.2, 0.25) is 5.91 Å². The Balaban J connectivity index is 2.08. The Morgan fingerprint density at radius 1 is 1.50 bits per heavy atom. The van der Waals surface area contributed by atoms with Gasteiger partial charge >= 0.3 is 6.03 Å². The van der Waals surface area contributed by atoms with Crippen LogP contribution in [-0.2, 0) is 4.79 Å². The van der Waals surface area contributed by atoms with Crippen LogP contribution in [0.2, 0.25) is 5.02 Å². The molecule has 4 N–H and O–H groups in total. The van der Waals surface area contributed by atoms with Crippen molar-refractivity contribution < 1.29 is 14.0 Å². The van der Waals surface area contributed by atoms with Gasteiger partial charge in [-0.3, -0.25) is 4.79 Å². The summed E-state index contributed by atoms with van der Waals surface area (Å²) in [6.07, 6.45) is 1.40. The Kier molecular flexibility index (Phi) is 5.82. The quantitative estimate of drug-likeness (QED) is 0.735. The van der Waals surface area contributed by atoms with Crippen LogP contribution in [0.15, 0.2) is 12.3 Å². The minimum absolute atomic E-state index is 0.124. The highest BCUT2D eigenvalue weighted by atomic mass is 35.5. The molecule has 0 aromatic carbocycles. The number of carbonyl (C=O) groups excluding carboxylic acids is 2. The monoisotopic (exact) mass is 357 g/mol. The van der Waals surface area contributed by atoms with Crippen molar-refractivity contribution in [1.82, 2.24) is 15.6 Å². The second-order valence-corrected chi connectivity index (χ2v) is 6.60. The van der Waals surface area contributed by atoms with Crippen LogP contribution < -0.4 is 21.3 Å². The maximum absolute atomic E-state index is 14.1. The number of carbonyl (C=O) groups is 2. The van der Waals surface area contributed by atoms with Crippen LogP contribution in [0, 0.1) is 17.7 Å². The molecule has 24 heavy (non-hydrogen) atoms. The lowest BCUT2D eigenvalue weighted by Crippen LogP contribution is -2.47. The lowest BCUT2D eigenvalue weighted by Gasteiger charge is -2.22. The lowest BCUT2D eigenvalue weighted by molar-refractivity contribution is -0.121. The topological polar surface area (TPSA) is 100 Å². The molecular weight excluding hydrogens is 337 g/mol. The summed E-state index contributed by atoms with van der Waals surface area (Å²) >= 11 is 5.74. The molecule has 7 nitrogen and oxygen atoms in total. The van der Waals surface area contributed by atoms with Gasteiger partial charge in [-0.2, -0.15) is 0 Å². The summed E-state index contributed by atoms with van der Waals surface area (Å²) in [5, 5.41) is 5.35. The average molecular weight is 358 g/mol. The zero-order valence-corrected chi connectivity index (χ0v) is 14.3. The van der Waals surface area contributed by atoms with Crippen molar-refractivity contribution in [2.45, 2.75) is 19.9 Å². The van der Waals surface area contributed by atoms with Crippen LogP contribution in [0.4, 0.5) is 15.0 Å². The van der Waals surface area contributed by atoms with E-state index in [1.54, 1.807) is 4.90 Å². The fourth-order valence-electron chi connectivity index (χ4n) is 2.90. The van der Waals surface area contributed by atoms with Crippen LogP contribution in [0.5, 0.6) is 0 Å². The van der Waals surface area contributed by atoms with Gasteiger partial charge in [-0.25, -0.2) is 14.2 Å². The Labute approximate surface area is 144 Å². The maximum Gasteiger partial charge on any atom is 0.312 e. The van der Waals surface area contributed by atoms with Gasteiger partial charge < -0.3 is 21.3 Å². The van der Waals surface area contributed by atoms with Gasteiger partial charge in [0.25, 0.3) is 0 Å². The van der Waals surface area contributed by atoms with E-state index in [1.165, 1.54) is 12.3 Å². The molecule has 0 saturated carbocycles. The van der Waals surface area contributed by atoms with Crippen LogP contribution in [0.1, 0.15) is 13.8 Å². The third kappa shape index (κ3) is 4.47. The summed E-state index contributed by atoms with van der Waals surface area (Å²) < 4.78 is 14.1. The van der Waals surface area contributed by atoms with Gasteiger partial charge in [0.15, 0.2) is 11.6 Å². The molecular formula is C15H21ClFN5O2. The molecule has 0 unspecified atom stereocenters. The second kappa shape index (κ2) is 7.65. The molecule has 1 aliphatic rings. The summed E-state index contributed by atoms with van der Waals surface area (Å²) in [6, 6.07) is 0.284. The standard InChI is InChI=1S/C15H21ClFN5O2/c1-8(2)10-6-22(14-11(17)3-9(16)4-19-14)7-12(10)21-13(23)5-20-15(18)24/h3-4,8,10,12H,5-7H2,1-2H3,(H,21,23)(H3,18,20,24)/t10-,12+/m1/s1. The number of nitrogens with zero attached hydrogens (tertiary/aromatic N) is 2. The third-order valence-electron chi connectivity index (χ3n) is 4.08. The summed E-state index contributed by atoms with van der Waals surface area (Å²) in [5.41, 5.74) is 4.95.